The van der Waals surface area contributed by atoms with E-state index in [9.17, 15) is 14.0 Å². The molecule has 22 heavy (non-hydrogen) atoms. The topological polar surface area (TPSA) is 101 Å². The van der Waals surface area contributed by atoms with Gasteiger partial charge in [-0.05, 0) is 24.7 Å². The van der Waals surface area contributed by atoms with Crippen molar-refractivity contribution in [1.82, 2.24) is 15.1 Å². The van der Waals surface area contributed by atoms with Crippen LogP contribution in [0.15, 0.2) is 29.8 Å². The SMILES string of the molecule is CN(CC(=O)Nc1nncs1)[C@H](C(N)=O)c1cccc(F)c1. The van der Waals surface area contributed by atoms with Crippen LogP contribution < -0.4 is 11.1 Å². The second-order valence-electron chi connectivity index (χ2n) is 4.57. The molecule has 116 valence electrons. The first-order chi connectivity index (χ1) is 10.5. The number of rotatable bonds is 6. The summed E-state index contributed by atoms with van der Waals surface area (Å²) in [6.07, 6.45) is 0. The van der Waals surface area contributed by atoms with Crippen LogP contribution in [0.25, 0.3) is 0 Å². The Bertz CT molecular complexity index is 664. The Morgan fingerprint density at radius 2 is 2.27 bits per heavy atom. The monoisotopic (exact) mass is 323 g/mol. The van der Waals surface area contributed by atoms with Crippen LogP contribution in [-0.4, -0.2) is 40.5 Å². The van der Waals surface area contributed by atoms with Crippen molar-refractivity contribution in [3.63, 3.8) is 0 Å². The number of nitrogens with zero attached hydrogens (tertiary/aromatic N) is 3. The Hall–Kier alpha value is -2.39. The number of anilines is 1. The van der Waals surface area contributed by atoms with Gasteiger partial charge in [-0.2, -0.15) is 0 Å². The highest BCUT2D eigenvalue weighted by Crippen LogP contribution is 2.20. The molecule has 3 N–H and O–H groups in total. The maximum atomic E-state index is 13.3. The van der Waals surface area contributed by atoms with E-state index in [2.05, 4.69) is 15.5 Å². The van der Waals surface area contributed by atoms with Gasteiger partial charge in [-0.1, -0.05) is 23.5 Å². The number of amides is 2. The molecule has 1 atom stereocenters. The van der Waals surface area contributed by atoms with Crippen molar-refractivity contribution in [2.24, 2.45) is 5.73 Å². The predicted octanol–water partition coefficient (Wildman–Crippen LogP) is 0.774. The molecule has 0 saturated heterocycles. The van der Waals surface area contributed by atoms with Crippen LogP contribution in [-0.2, 0) is 9.59 Å². The molecule has 0 radical (unpaired) electrons. The van der Waals surface area contributed by atoms with Gasteiger partial charge >= 0.3 is 0 Å². The molecule has 0 spiro atoms. The minimum Gasteiger partial charge on any atom is -0.368 e. The highest BCUT2D eigenvalue weighted by Gasteiger charge is 2.25. The molecule has 7 nitrogen and oxygen atoms in total. The molecule has 0 bridgehead atoms. The standard InChI is InChI=1S/C13H14FN5O2S/c1-19(6-10(20)17-13-18-16-7-22-13)11(12(15)21)8-3-2-4-9(14)5-8/h2-5,7,11H,6H2,1H3,(H2,15,21)(H,17,18,20)/t11-/m0/s1. The number of hydrogen-bond donors (Lipinski definition) is 2. The Kier molecular flexibility index (Phi) is 5.12. The van der Waals surface area contributed by atoms with E-state index in [1.165, 1.54) is 39.9 Å². The molecule has 0 aliphatic rings. The summed E-state index contributed by atoms with van der Waals surface area (Å²) in [4.78, 5) is 25.0. The smallest absolute Gasteiger partial charge is 0.240 e. The van der Waals surface area contributed by atoms with Crippen molar-refractivity contribution < 1.29 is 14.0 Å². The highest BCUT2D eigenvalue weighted by molar-refractivity contribution is 7.13. The van der Waals surface area contributed by atoms with E-state index in [-0.39, 0.29) is 12.5 Å². The molecule has 0 aliphatic heterocycles. The van der Waals surface area contributed by atoms with Gasteiger partial charge in [-0.3, -0.25) is 19.8 Å². The van der Waals surface area contributed by atoms with E-state index in [0.29, 0.717) is 10.7 Å². The Morgan fingerprint density at radius 1 is 1.50 bits per heavy atom. The summed E-state index contributed by atoms with van der Waals surface area (Å²) >= 11 is 1.18. The number of carbonyl (C=O) groups excluding carboxylic acids is 2. The number of carbonyl (C=O) groups is 2. The Balaban J connectivity index is 2.08. The summed E-state index contributed by atoms with van der Waals surface area (Å²) in [5.74, 6) is -1.52. The van der Waals surface area contributed by atoms with Crippen LogP contribution in [0.5, 0.6) is 0 Å². The molecular formula is C13H14FN5O2S. The summed E-state index contributed by atoms with van der Waals surface area (Å²) in [6.45, 7) is -0.107. The van der Waals surface area contributed by atoms with Crippen molar-refractivity contribution in [3.8, 4) is 0 Å². The summed E-state index contributed by atoms with van der Waals surface area (Å²) in [5, 5.41) is 10.2. The molecule has 1 heterocycles. The summed E-state index contributed by atoms with van der Waals surface area (Å²) in [7, 11) is 1.56. The fourth-order valence-electron chi connectivity index (χ4n) is 2.02. The van der Waals surface area contributed by atoms with Crippen LogP contribution in [0.3, 0.4) is 0 Å². The normalized spacial score (nSPS) is 12.1. The zero-order chi connectivity index (χ0) is 16.1. The first kappa shape index (κ1) is 16.0. The van der Waals surface area contributed by atoms with E-state index in [1.54, 1.807) is 13.1 Å². The third kappa shape index (κ3) is 4.06. The van der Waals surface area contributed by atoms with Crippen LogP contribution >= 0.6 is 11.3 Å². The number of primary amides is 1. The number of nitrogens with two attached hydrogens (primary N) is 1. The van der Waals surface area contributed by atoms with Gasteiger partial charge in [0.05, 0.1) is 6.54 Å². The molecule has 1 aromatic carbocycles. The maximum absolute atomic E-state index is 13.3. The van der Waals surface area contributed by atoms with Gasteiger partial charge in [0, 0.05) is 0 Å². The molecule has 0 unspecified atom stereocenters. The lowest BCUT2D eigenvalue weighted by Crippen LogP contribution is -2.39. The van der Waals surface area contributed by atoms with Crippen LogP contribution in [0.2, 0.25) is 0 Å². The van der Waals surface area contributed by atoms with E-state index in [0.717, 1.165) is 0 Å². The zero-order valence-corrected chi connectivity index (χ0v) is 12.5. The first-order valence-corrected chi connectivity index (χ1v) is 7.16. The molecule has 2 rings (SSSR count). The molecule has 2 aromatic rings. The van der Waals surface area contributed by atoms with Gasteiger partial charge in [0.2, 0.25) is 16.9 Å². The van der Waals surface area contributed by atoms with Crippen molar-refractivity contribution in [1.29, 1.82) is 0 Å². The second kappa shape index (κ2) is 7.05. The van der Waals surface area contributed by atoms with E-state index < -0.39 is 17.8 Å². The lowest BCUT2D eigenvalue weighted by Gasteiger charge is -2.25. The summed E-state index contributed by atoms with van der Waals surface area (Å²) in [5.41, 5.74) is 7.25. The largest absolute Gasteiger partial charge is 0.368 e. The van der Waals surface area contributed by atoms with Gasteiger partial charge in [0.15, 0.2) is 0 Å². The van der Waals surface area contributed by atoms with Gasteiger partial charge < -0.3 is 5.73 Å². The number of likely N-dealkylation sites (N-methyl/N-ethyl adjacent to an activating group) is 1. The van der Waals surface area contributed by atoms with Gasteiger partial charge in [0.1, 0.15) is 17.4 Å². The van der Waals surface area contributed by atoms with Gasteiger partial charge in [-0.15, -0.1) is 10.2 Å². The third-order valence-electron chi connectivity index (χ3n) is 2.87. The molecule has 0 saturated carbocycles. The number of aromatic nitrogens is 2. The zero-order valence-electron chi connectivity index (χ0n) is 11.7. The maximum Gasteiger partial charge on any atom is 0.240 e. The number of hydrogen-bond acceptors (Lipinski definition) is 6. The van der Waals surface area contributed by atoms with Crippen molar-refractivity contribution in [2.45, 2.75) is 6.04 Å². The van der Waals surface area contributed by atoms with Gasteiger partial charge in [-0.25, -0.2) is 4.39 Å². The van der Waals surface area contributed by atoms with Crippen molar-refractivity contribution in [2.75, 3.05) is 18.9 Å². The van der Waals surface area contributed by atoms with Gasteiger partial charge in [0.25, 0.3) is 0 Å². The average Bonchev–Trinajstić information content (AvgIpc) is 2.90. The molecule has 0 fully saturated rings. The van der Waals surface area contributed by atoms with E-state index in [4.69, 9.17) is 5.73 Å². The first-order valence-electron chi connectivity index (χ1n) is 6.28. The quantitative estimate of drug-likeness (QED) is 0.818. The lowest BCUT2D eigenvalue weighted by atomic mass is 10.0. The predicted molar refractivity (Wildman–Crippen MR) is 79.5 cm³/mol. The van der Waals surface area contributed by atoms with Crippen LogP contribution in [0.1, 0.15) is 11.6 Å². The molecule has 2 amide bonds. The molecule has 0 aliphatic carbocycles. The number of benzene rings is 1. The molecule has 9 heteroatoms. The minimum absolute atomic E-state index is 0.107. The highest BCUT2D eigenvalue weighted by atomic mass is 32.1. The summed E-state index contributed by atoms with van der Waals surface area (Å²) < 4.78 is 13.3. The molecule has 1 aromatic heterocycles. The van der Waals surface area contributed by atoms with Crippen LogP contribution in [0, 0.1) is 5.82 Å². The van der Waals surface area contributed by atoms with E-state index >= 15 is 0 Å². The molecular weight excluding hydrogens is 309 g/mol. The number of nitrogens with one attached hydrogen (secondary N) is 1. The summed E-state index contributed by atoms with van der Waals surface area (Å²) in [6, 6.07) is 4.64. The number of halogens is 1. The average molecular weight is 323 g/mol. The Morgan fingerprint density at radius 3 is 2.86 bits per heavy atom. The van der Waals surface area contributed by atoms with Crippen LogP contribution in [0.4, 0.5) is 9.52 Å². The minimum atomic E-state index is -0.907. The fraction of sp³-hybridized carbons (Fsp3) is 0.231. The van der Waals surface area contributed by atoms with E-state index in [1.807, 2.05) is 0 Å². The fourth-order valence-corrected chi connectivity index (χ4v) is 2.48. The van der Waals surface area contributed by atoms with Crippen molar-refractivity contribution >= 4 is 28.3 Å². The Labute approximate surface area is 129 Å². The second-order valence-corrected chi connectivity index (χ2v) is 5.40. The third-order valence-corrected chi connectivity index (χ3v) is 3.48. The lowest BCUT2D eigenvalue weighted by molar-refractivity contribution is -0.124. The van der Waals surface area contributed by atoms with Crippen molar-refractivity contribution in [3.05, 3.63) is 41.2 Å².